The van der Waals surface area contributed by atoms with E-state index in [9.17, 15) is 18.0 Å². The summed E-state index contributed by atoms with van der Waals surface area (Å²) in [5, 5.41) is 2.87. The van der Waals surface area contributed by atoms with Crippen molar-refractivity contribution < 1.29 is 18.0 Å². The monoisotopic (exact) mass is 416 g/mol. The fraction of sp³-hybridized carbons (Fsp3) is 0.300. The van der Waals surface area contributed by atoms with Crippen molar-refractivity contribution in [2.75, 3.05) is 38.5 Å². The topological polar surface area (TPSA) is 98.8 Å². The van der Waals surface area contributed by atoms with Crippen molar-refractivity contribution >= 4 is 27.6 Å². The number of aryl methyl sites for hydroxylation is 1. The molecule has 0 unspecified atom stereocenters. The van der Waals surface area contributed by atoms with Gasteiger partial charge in [0.1, 0.15) is 0 Å². The van der Waals surface area contributed by atoms with Gasteiger partial charge in [0.25, 0.3) is 5.91 Å². The number of carbonyl (C=O) groups is 2. The molecule has 0 aliphatic carbocycles. The predicted octanol–water partition coefficient (Wildman–Crippen LogP) is 1.89. The first kappa shape index (κ1) is 20.8. The van der Waals surface area contributed by atoms with Crippen LogP contribution < -0.4 is 10.0 Å². The van der Waals surface area contributed by atoms with Crippen LogP contribution in [0.1, 0.15) is 15.9 Å². The Labute approximate surface area is 170 Å². The van der Waals surface area contributed by atoms with Gasteiger partial charge in [0.05, 0.1) is 4.90 Å². The molecule has 2 aromatic carbocycles. The molecule has 1 heterocycles. The van der Waals surface area contributed by atoms with E-state index >= 15 is 0 Å². The van der Waals surface area contributed by atoms with E-state index in [1.807, 2.05) is 31.2 Å². The second-order valence-corrected chi connectivity index (χ2v) is 8.70. The van der Waals surface area contributed by atoms with Crippen LogP contribution in [0.2, 0.25) is 0 Å². The van der Waals surface area contributed by atoms with E-state index in [4.69, 9.17) is 0 Å². The van der Waals surface area contributed by atoms with Crippen molar-refractivity contribution in [1.29, 1.82) is 0 Å². The molecule has 0 aromatic heterocycles. The highest BCUT2D eigenvalue weighted by Gasteiger charge is 2.25. The number of hydrogen-bond donors (Lipinski definition) is 2. The average molecular weight is 417 g/mol. The maximum Gasteiger partial charge on any atom is 0.321 e. The summed E-state index contributed by atoms with van der Waals surface area (Å²) in [6, 6.07) is 13.2. The van der Waals surface area contributed by atoms with Gasteiger partial charge in [-0.3, -0.25) is 4.79 Å². The largest absolute Gasteiger partial charge is 0.335 e. The number of carbonyl (C=O) groups excluding carboxylic acids is 2. The fourth-order valence-corrected chi connectivity index (χ4v) is 3.85. The quantitative estimate of drug-likeness (QED) is 0.795. The lowest BCUT2D eigenvalue weighted by molar-refractivity contribution is 0.0671. The van der Waals surface area contributed by atoms with Gasteiger partial charge in [-0.1, -0.05) is 12.1 Å². The molecular formula is C20H24N4O4S. The Kier molecular flexibility index (Phi) is 6.19. The highest BCUT2D eigenvalue weighted by atomic mass is 32.2. The molecule has 1 fully saturated rings. The van der Waals surface area contributed by atoms with Crippen LogP contribution in [0.4, 0.5) is 10.5 Å². The average Bonchev–Trinajstić information content (AvgIpc) is 2.73. The lowest BCUT2D eigenvalue weighted by atomic mass is 10.2. The summed E-state index contributed by atoms with van der Waals surface area (Å²) in [4.78, 5) is 28.6. The van der Waals surface area contributed by atoms with Gasteiger partial charge in [-0.25, -0.2) is 17.9 Å². The third-order valence-electron chi connectivity index (χ3n) is 4.80. The van der Waals surface area contributed by atoms with Crippen molar-refractivity contribution in [3.63, 3.8) is 0 Å². The molecule has 8 nitrogen and oxygen atoms in total. The van der Waals surface area contributed by atoms with Crippen LogP contribution in [0, 0.1) is 6.92 Å². The lowest BCUT2D eigenvalue weighted by Crippen LogP contribution is -2.51. The second kappa shape index (κ2) is 8.62. The third-order valence-corrected chi connectivity index (χ3v) is 6.23. The molecule has 0 bridgehead atoms. The molecule has 29 heavy (non-hydrogen) atoms. The second-order valence-electron chi connectivity index (χ2n) is 6.81. The maximum absolute atomic E-state index is 12.7. The smallest absolute Gasteiger partial charge is 0.321 e. The fourth-order valence-electron chi connectivity index (χ4n) is 3.12. The number of nitrogens with one attached hydrogen (secondary N) is 2. The van der Waals surface area contributed by atoms with Crippen LogP contribution in [0.3, 0.4) is 0 Å². The van der Waals surface area contributed by atoms with Gasteiger partial charge in [-0.15, -0.1) is 0 Å². The molecule has 1 aliphatic rings. The number of sulfonamides is 1. The molecule has 1 saturated heterocycles. The summed E-state index contributed by atoms with van der Waals surface area (Å²) in [7, 11) is -2.20. The van der Waals surface area contributed by atoms with Crippen molar-refractivity contribution in [2.24, 2.45) is 0 Å². The van der Waals surface area contributed by atoms with Crippen LogP contribution in [0.5, 0.6) is 0 Å². The molecule has 154 valence electrons. The molecular weight excluding hydrogens is 392 g/mol. The molecule has 2 N–H and O–H groups in total. The summed E-state index contributed by atoms with van der Waals surface area (Å²) in [5.41, 5.74) is 2.22. The Morgan fingerprint density at radius 2 is 1.55 bits per heavy atom. The van der Waals surface area contributed by atoms with E-state index in [1.54, 1.807) is 9.80 Å². The zero-order chi connectivity index (χ0) is 21.0. The van der Waals surface area contributed by atoms with Crippen molar-refractivity contribution in [1.82, 2.24) is 14.5 Å². The van der Waals surface area contributed by atoms with Gasteiger partial charge >= 0.3 is 6.03 Å². The molecule has 0 atom stereocenters. The molecule has 0 radical (unpaired) electrons. The van der Waals surface area contributed by atoms with E-state index in [0.717, 1.165) is 11.3 Å². The van der Waals surface area contributed by atoms with Gasteiger partial charge in [-0.05, 0) is 55.9 Å². The predicted molar refractivity (Wildman–Crippen MR) is 110 cm³/mol. The Morgan fingerprint density at radius 1 is 0.931 bits per heavy atom. The summed E-state index contributed by atoms with van der Waals surface area (Å²) >= 11 is 0. The maximum atomic E-state index is 12.7. The van der Waals surface area contributed by atoms with Crippen LogP contribution in [0.15, 0.2) is 53.4 Å². The first-order valence-corrected chi connectivity index (χ1v) is 10.7. The van der Waals surface area contributed by atoms with Crippen molar-refractivity contribution in [3.05, 3.63) is 59.7 Å². The van der Waals surface area contributed by atoms with Crippen LogP contribution in [-0.4, -0.2) is 63.4 Å². The highest BCUT2D eigenvalue weighted by molar-refractivity contribution is 7.89. The first-order valence-electron chi connectivity index (χ1n) is 9.25. The molecule has 1 aliphatic heterocycles. The number of piperazine rings is 1. The Bertz CT molecular complexity index is 997. The highest BCUT2D eigenvalue weighted by Crippen LogP contribution is 2.15. The summed E-state index contributed by atoms with van der Waals surface area (Å²) < 4.78 is 25.8. The van der Waals surface area contributed by atoms with Crippen molar-refractivity contribution in [2.45, 2.75) is 11.8 Å². The zero-order valence-corrected chi connectivity index (χ0v) is 17.2. The molecule has 0 spiro atoms. The molecule has 3 rings (SSSR count). The SMILES string of the molecule is CNS(=O)(=O)c1ccc(C(=O)N2CCN(C(=O)Nc3cccc(C)c3)CC2)cc1. The third kappa shape index (κ3) is 4.93. The van der Waals surface area contributed by atoms with Gasteiger partial charge in [0.15, 0.2) is 0 Å². The van der Waals surface area contributed by atoms with Gasteiger partial charge in [0.2, 0.25) is 10.0 Å². The summed E-state index contributed by atoms with van der Waals surface area (Å²) in [6.07, 6.45) is 0. The number of amides is 3. The molecule has 3 amide bonds. The van der Waals surface area contributed by atoms with E-state index < -0.39 is 10.0 Å². The van der Waals surface area contributed by atoms with E-state index in [-0.39, 0.29) is 16.8 Å². The van der Waals surface area contributed by atoms with Crippen LogP contribution in [0.25, 0.3) is 0 Å². The molecule has 2 aromatic rings. The van der Waals surface area contributed by atoms with E-state index in [1.165, 1.54) is 31.3 Å². The van der Waals surface area contributed by atoms with Crippen molar-refractivity contribution in [3.8, 4) is 0 Å². The minimum absolute atomic E-state index is 0.106. The Hall–Kier alpha value is -2.91. The van der Waals surface area contributed by atoms with E-state index in [2.05, 4.69) is 10.0 Å². The van der Waals surface area contributed by atoms with E-state index in [0.29, 0.717) is 31.7 Å². The summed E-state index contributed by atoms with van der Waals surface area (Å²) in [5.74, 6) is -0.183. The molecule has 9 heteroatoms. The van der Waals surface area contributed by atoms with Gasteiger partial charge in [-0.2, -0.15) is 0 Å². The number of urea groups is 1. The lowest BCUT2D eigenvalue weighted by Gasteiger charge is -2.34. The Morgan fingerprint density at radius 3 is 2.14 bits per heavy atom. The van der Waals surface area contributed by atoms with Gasteiger partial charge in [0, 0.05) is 37.4 Å². The number of nitrogens with zero attached hydrogens (tertiary/aromatic N) is 2. The van der Waals surface area contributed by atoms with Crippen LogP contribution >= 0.6 is 0 Å². The summed E-state index contributed by atoms with van der Waals surface area (Å²) in [6.45, 7) is 3.64. The minimum Gasteiger partial charge on any atom is -0.335 e. The standard InChI is InChI=1S/C20H24N4O4S/c1-15-4-3-5-17(14-15)22-20(26)24-12-10-23(11-13-24)19(25)16-6-8-18(9-7-16)29(27,28)21-2/h3-9,14,21H,10-13H2,1-2H3,(H,22,26). The zero-order valence-electron chi connectivity index (χ0n) is 16.4. The van der Waals surface area contributed by atoms with Gasteiger partial charge < -0.3 is 15.1 Å². The first-order chi connectivity index (χ1) is 13.8. The Balaban J connectivity index is 1.57. The normalized spacial score (nSPS) is 14.6. The number of rotatable bonds is 4. The number of benzene rings is 2. The number of anilines is 1. The van der Waals surface area contributed by atoms with Crippen LogP contribution in [-0.2, 0) is 10.0 Å². The molecule has 0 saturated carbocycles. The number of hydrogen-bond acceptors (Lipinski definition) is 4. The minimum atomic E-state index is -3.54.